The topological polar surface area (TPSA) is 50.7 Å². The van der Waals surface area contributed by atoms with Crippen LogP contribution in [0.2, 0.25) is 0 Å². The minimum Gasteiger partial charge on any atom is -0.310 e. The molecule has 0 aliphatic carbocycles. The first-order valence-corrected chi connectivity index (χ1v) is 6.95. The molecular formula is C13H18N4S. The average molecular weight is 262 g/mol. The predicted molar refractivity (Wildman–Crippen MR) is 73.7 cm³/mol. The van der Waals surface area contributed by atoms with Crippen LogP contribution in [0, 0.1) is 6.92 Å². The second-order valence-corrected chi connectivity index (χ2v) is 5.64. The lowest BCUT2D eigenvalue weighted by Gasteiger charge is -2.07. The molecule has 2 heterocycles. The van der Waals surface area contributed by atoms with Gasteiger partial charge in [-0.05, 0) is 6.92 Å². The summed E-state index contributed by atoms with van der Waals surface area (Å²) in [4.78, 5) is 13.2. The number of nitrogens with zero attached hydrogens (tertiary/aromatic N) is 3. The highest BCUT2D eigenvalue weighted by atomic mass is 32.1. The van der Waals surface area contributed by atoms with Crippen LogP contribution >= 0.6 is 11.3 Å². The molecule has 0 bridgehead atoms. The van der Waals surface area contributed by atoms with Gasteiger partial charge >= 0.3 is 0 Å². The molecule has 0 fully saturated rings. The second-order valence-electron chi connectivity index (χ2n) is 4.58. The summed E-state index contributed by atoms with van der Waals surface area (Å²) in [5.41, 5.74) is 2.16. The second kappa shape index (κ2) is 6.02. The molecule has 2 rings (SSSR count). The molecule has 0 radical (unpaired) electrons. The first-order chi connectivity index (χ1) is 8.63. The minimum absolute atomic E-state index is 0.475. The van der Waals surface area contributed by atoms with Crippen molar-refractivity contribution in [3.8, 4) is 0 Å². The Balaban J connectivity index is 1.95. The lowest BCUT2D eigenvalue weighted by Crippen LogP contribution is -2.22. The van der Waals surface area contributed by atoms with E-state index in [2.05, 4.69) is 39.5 Å². The molecule has 4 nitrogen and oxygen atoms in total. The highest BCUT2D eigenvalue weighted by Crippen LogP contribution is 2.10. The van der Waals surface area contributed by atoms with Gasteiger partial charge in [-0.1, -0.05) is 13.8 Å². The number of rotatable bonds is 5. The van der Waals surface area contributed by atoms with Crippen molar-refractivity contribution in [3.05, 3.63) is 39.9 Å². The SMILES string of the molecule is Cc1nc(Cc2ncc(CNC(C)C)cn2)cs1. The third-order valence-corrected chi connectivity index (χ3v) is 3.30. The van der Waals surface area contributed by atoms with E-state index < -0.39 is 0 Å². The van der Waals surface area contributed by atoms with E-state index in [-0.39, 0.29) is 0 Å². The fraction of sp³-hybridized carbons (Fsp3) is 0.462. The fourth-order valence-electron chi connectivity index (χ4n) is 1.54. The van der Waals surface area contributed by atoms with E-state index >= 15 is 0 Å². The Kier molecular flexibility index (Phi) is 4.38. The van der Waals surface area contributed by atoms with Crippen molar-refractivity contribution in [1.29, 1.82) is 0 Å². The van der Waals surface area contributed by atoms with E-state index in [1.54, 1.807) is 11.3 Å². The van der Waals surface area contributed by atoms with Gasteiger partial charge < -0.3 is 5.32 Å². The van der Waals surface area contributed by atoms with E-state index in [1.165, 1.54) is 0 Å². The Bertz CT molecular complexity index is 490. The van der Waals surface area contributed by atoms with Gasteiger partial charge in [0.1, 0.15) is 5.82 Å². The smallest absolute Gasteiger partial charge is 0.134 e. The monoisotopic (exact) mass is 262 g/mol. The molecule has 0 unspecified atom stereocenters. The Labute approximate surface area is 112 Å². The van der Waals surface area contributed by atoms with Gasteiger partial charge in [-0.3, -0.25) is 0 Å². The number of nitrogens with one attached hydrogen (secondary N) is 1. The molecule has 0 aliphatic heterocycles. The van der Waals surface area contributed by atoms with Crippen molar-refractivity contribution in [2.75, 3.05) is 0 Å². The van der Waals surface area contributed by atoms with Gasteiger partial charge in [0.2, 0.25) is 0 Å². The molecule has 5 heteroatoms. The molecule has 18 heavy (non-hydrogen) atoms. The average Bonchev–Trinajstić information content (AvgIpc) is 2.74. The van der Waals surface area contributed by atoms with Gasteiger partial charge in [0, 0.05) is 35.9 Å². The molecule has 96 valence electrons. The Morgan fingerprint density at radius 2 is 2.00 bits per heavy atom. The molecule has 2 aromatic heterocycles. The summed E-state index contributed by atoms with van der Waals surface area (Å²) in [6.07, 6.45) is 4.48. The number of thiazole rings is 1. The van der Waals surface area contributed by atoms with Gasteiger partial charge in [-0.15, -0.1) is 11.3 Å². The van der Waals surface area contributed by atoms with Crippen LogP contribution in [-0.4, -0.2) is 21.0 Å². The van der Waals surface area contributed by atoms with Gasteiger partial charge in [0.25, 0.3) is 0 Å². The third kappa shape index (κ3) is 3.85. The fourth-order valence-corrected chi connectivity index (χ4v) is 2.15. The Hall–Kier alpha value is -1.33. The van der Waals surface area contributed by atoms with E-state index in [1.807, 2.05) is 19.3 Å². The van der Waals surface area contributed by atoms with E-state index in [9.17, 15) is 0 Å². The van der Waals surface area contributed by atoms with Crippen LogP contribution < -0.4 is 5.32 Å². The highest BCUT2D eigenvalue weighted by Gasteiger charge is 2.03. The first kappa shape index (κ1) is 13.1. The molecule has 0 saturated heterocycles. The molecule has 0 aromatic carbocycles. The largest absolute Gasteiger partial charge is 0.310 e. The maximum absolute atomic E-state index is 4.41. The van der Waals surface area contributed by atoms with Crippen molar-refractivity contribution >= 4 is 11.3 Å². The van der Waals surface area contributed by atoms with E-state index in [0.29, 0.717) is 12.5 Å². The molecule has 2 aromatic rings. The minimum atomic E-state index is 0.475. The zero-order valence-corrected chi connectivity index (χ0v) is 11.8. The van der Waals surface area contributed by atoms with Crippen LogP contribution in [0.25, 0.3) is 0 Å². The van der Waals surface area contributed by atoms with Gasteiger partial charge in [-0.25, -0.2) is 15.0 Å². The van der Waals surface area contributed by atoms with Gasteiger partial charge in [0.15, 0.2) is 0 Å². The summed E-state index contributed by atoms with van der Waals surface area (Å²) >= 11 is 1.66. The number of aromatic nitrogens is 3. The summed E-state index contributed by atoms with van der Waals surface area (Å²) in [6.45, 7) is 7.07. The zero-order chi connectivity index (χ0) is 13.0. The van der Waals surface area contributed by atoms with Crippen molar-refractivity contribution in [1.82, 2.24) is 20.3 Å². The van der Waals surface area contributed by atoms with Crippen molar-refractivity contribution in [2.24, 2.45) is 0 Å². The van der Waals surface area contributed by atoms with E-state index in [0.717, 1.165) is 28.6 Å². The zero-order valence-electron chi connectivity index (χ0n) is 11.0. The first-order valence-electron chi connectivity index (χ1n) is 6.07. The van der Waals surface area contributed by atoms with Gasteiger partial charge in [0.05, 0.1) is 17.1 Å². The molecule has 1 N–H and O–H groups in total. The quantitative estimate of drug-likeness (QED) is 0.898. The van der Waals surface area contributed by atoms with E-state index in [4.69, 9.17) is 0 Å². The van der Waals surface area contributed by atoms with Crippen LogP contribution in [0.15, 0.2) is 17.8 Å². The van der Waals surface area contributed by atoms with Crippen LogP contribution in [0.3, 0.4) is 0 Å². The van der Waals surface area contributed by atoms with Crippen molar-refractivity contribution < 1.29 is 0 Å². The lowest BCUT2D eigenvalue weighted by atomic mass is 10.3. The molecular weight excluding hydrogens is 244 g/mol. The summed E-state index contributed by atoms with van der Waals surface area (Å²) < 4.78 is 0. The normalized spacial score (nSPS) is 11.1. The molecule has 0 amide bonds. The van der Waals surface area contributed by atoms with Crippen LogP contribution in [0.1, 0.15) is 35.9 Å². The van der Waals surface area contributed by atoms with Crippen molar-refractivity contribution in [2.45, 2.75) is 39.8 Å². The number of hydrogen-bond donors (Lipinski definition) is 1. The van der Waals surface area contributed by atoms with Crippen LogP contribution in [0.5, 0.6) is 0 Å². The third-order valence-electron chi connectivity index (χ3n) is 2.48. The Morgan fingerprint density at radius 1 is 1.28 bits per heavy atom. The Morgan fingerprint density at radius 3 is 2.56 bits per heavy atom. The van der Waals surface area contributed by atoms with Crippen molar-refractivity contribution in [3.63, 3.8) is 0 Å². The molecule has 0 atom stereocenters. The molecule has 0 saturated carbocycles. The summed E-state index contributed by atoms with van der Waals surface area (Å²) in [5.74, 6) is 0.827. The number of hydrogen-bond acceptors (Lipinski definition) is 5. The summed E-state index contributed by atoms with van der Waals surface area (Å²) in [5, 5.41) is 6.49. The standard InChI is InChI=1S/C13H18N4S/c1-9(2)14-5-11-6-15-13(16-7-11)4-12-8-18-10(3)17-12/h6-9,14H,4-5H2,1-3H3. The highest BCUT2D eigenvalue weighted by molar-refractivity contribution is 7.09. The number of aryl methyl sites for hydroxylation is 1. The maximum atomic E-state index is 4.41. The van der Waals surface area contributed by atoms with Crippen LogP contribution in [-0.2, 0) is 13.0 Å². The van der Waals surface area contributed by atoms with Crippen LogP contribution in [0.4, 0.5) is 0 Å². The lowest BCUT2D eigenvalue weighted by molar-refractivity contribution is 0.586. The van der Waals surface area contributed by atoms with Gasteiger partial charge in [-0.2, -0.15) is 0 Å². The summed E-state index contributed by atoms with van der Waals surface area (Å²) in [6, 6.07) is 0.475. The summed E-state index contributed by atoms with van der Waals surface area (Å²) in [7, 11) is 0. The predicted octanol–water partition coefficient (Wildman–Crippen LogP) is 2.33. The molecule has 0 spiro atoms. The maximum Gasteiger partial charge on any atom is 0.134 e. The molecule has 0 aliphatic rings.